The molecule has 0 bridgehead atoms. The van der Waals surface area contributed by atoms with Gasteiger partial charge in [0.25, 0.3) is 0 Å². The Kier molecular flexibility index (Phi) is 6.66. The second-order valence-corrected chi connectivity index (χ2v) is 5.48. The monoisotopic (exact) mass is 208 g/mol. The van der Waals surface area contributed by atoms with Crippen LogP contribution in [0.3, 0.4) is 0 Å². The third kappa shape index (κ3) is 7.24. The Hall–Kier alpha value is 0.150. The predicted molar refractivity (Wildman–Crippen MR) is 55.2 cm³/mol. The van der Waals surface area contributed by atoms with E-state index < -0.39 is 7.60 Å². The molecule has 3 nitrogen and oxygen atoms in total. The molecule has 0 radical (unpaired) electrons. The molecule has 2 unspecified atom stereocenters. The van der Waals surface area contributed by atoms with Crippen molar-refractivity contribution < 1.29 is 13.6 Å². The molecule has 0 aromatic heterocycles. The van der Waals surface area contributed by atoms with E-state index >= 15 is 0 Å². The Morgan fingerprint density at radius 3 is 2.46 bits per heavy atom. The van der Waals surface area contributed by atoms with Crippen molar-refractivity contribution in [2.24, 2.45) is 0 Å². The lowest BCUT2D eigenvalue weighted by Gasteiger charge is -2.17. The maximum atomic E-state index is 11.4. The summed E-state index contributed by atoms with van der Waals surface area (Å²) in [6.45, 7) is 5.60. The van der Waals surface area contributed by atoms with Crippen LogP contribution in [-0.4, -0.2) is 19.9 Å². The van der Waals surface area contributed by atoms with Crippen LogP contribution in [0, 0.1) is 0 Å². The van der Waals surface area contributed by atoms with Gasteiger partial charge in [-0.05, 0) is 13.3 Å². The molecule has 80 valence electrons. The van der Waals surface area contributed by atoms with Gasteiger partial charge in [0.05, 0.1) is 6.10 Å². The van der Waals surface area contributed by atoms with E-state index in [-0.39, 0.29) is 6.10 Å². The van der Waals surface area contributed by atoms with Crippen molar-refractivity contribution in [2.75, 3.05) is 13.8 Å². The molecule has 4 heteroatoms. The van der Waals surface area contributed by atoms with Gasteiger partial charge in [-0.15, -0.1) is 0 Å². The molecule has 0 N–H and O–H groups in total. The molecule has 0 aromatic rings. The summed E-state index contributed by atoms with van der Waals surface area (Å²) in [6, 6.07) is 0. The number of unbranched alkanes of at least 4 members (excludes halogenated alkanes) is 2. The number of hydrogen-bond donors (Lipinski definition) is 0. The van der Waals surface area contributed by atoms with Crippen LogP contribution in [-0.2, 0) is 13.6 Å². The highest BCUT2D eigenvalue weighted by Crippen LogP contribution is 2.44. The van der Waals surface area contributed by atoms with Crippen molar-refractivity contribution in [1.29, 1.82) is 0 Å². The zero-order chi connectivity index (χ0) is 10.3. The maximum absolute atomic E-state index is 11.4. The van der Waals surface area contributed by atoms with Crippen LogP contribution in [0.2, 0.25) is 0 Å². The highest BCUT2D eigenvalue weighted by Gasteiger charge is 2.18. The van der Waals surface area contributed by atoms with E-state index in [9.17, 15) is 4.57 Å². The summed E-state index contributed by atoms with van der Waals surface area (Å²) < 4.78 is 21.4. The topological polar surface area (TPSA) is 35.5 Å². The minimum absolute atomic E-state index is 0.0299. The van der Waals surface area contributed by atoms with E-state index in [0.29, 0.717) is 0 Å². The van der Waals surface area contributed by atoms with E-state index in [1.54, 1.807) is 0 Å². The molecule has 0 rings (SSSR count). The molecule has 0 saturated heterocycles. The third-order valence-electron chi connectivity index (χ3n) is 1.92. The van der Waals surface area contributed by atoms with Gasteiger partial charge in [-0.3, -0.25) is 4.57 Å². The fourth-order valence-corrected chi connectivity index (χ4v) is 1.95. The van der Waals surface area contributed by atoms with E-state index in [1.165, 1.54) is 26.6 Å². The van der Waals surface area contributed by atoms with E-state index in [4.69, 9.17) is 9.05 Å². The van der Waals surface area contributed by atoms with Gasteiger partial charge in [0, 0.05) is 13.8 Å². The zero-order valence-corrected chi connectivity index (χ0v) is 9.97. The van der Waals surface area contributed by atoms with Crippen LogP contribution in [0.15, 0.2) is 0 Å². The lowest BCUT2D eigenvalue weighted by atomic mass is 10.1. The van der Waals surface area contributed by atoms with Gasteiger partial charge in [0.2, 0.25) is 0 Å². The van der Waals surface area contributed by atoms with Crippen LogP contribution in [0.1, 0.15) is 39.5 Å². The van der Waals surface area contributed by atoms with Crippen LogP contribution in [0.5, 0.6) is 0 Å². The van der Waals surface area contributed by atoms with Gasteiger partial charge < -0.3 is 9.05 Å². The van der Waals surface area contributed by atoms with Crippen molar-refractivity contribution in [2.45, 2.75) is 45.6 Å². The molecule has 0 spiro atoms. The van der Waals surface area contributed by atoms with Crippen LogP contribution in [0.4, 0.5) is 0 Å². The summed E-state index contributed by atoms with van der Waals surface area (Å²) in [7, 11) is -1.36. The van der Waals surface area contributed by atoms with Crippen molar-refractivity contribution >= 4 is 7.60 Å². The standard InChI is InChI=1S/C9H21O3P/c1-5-6-7-8-9(2)12-13(4,10)11-3/h9H,5-8H2,1-4H3. The molecular formula is C9H21O3P. The third-order valence-corrected chi connectivity index (χ3v) is 3.32. The average Bonchev–Trinajstić information content (AvgIpc) is 2.04. The molecule has 13 heavy (non-hydrogen) atoms. The normalized spacial score (nSPS) is 18.2. The molecule has 0 saturated carbocycles. The molecule has 0 aromatic carbocycles. The van der Waals surface area contributed by atoms with Crippen molar-refractivity contribution in [3.8, 4) is 0 Å². The molecule has 0 aliphatic rings. The molecule has 0 aliphatic heterocycles. The van der Waals surface area contributed by atoms with Gasteiger partial charge in [0.15, 0.2) is 0 Å². The quantitative estimate of drug-likeness (QED) is 0.475. The first-order valence-electron chi connectivity index (χ1n) is 4.83. The average molecular weight is 208 g/mol. The SMILES string of the molecule is CCCCCC(C)OP(C)(=O)OC. The van der Waals surface area contributed by atoms with Gasteiger partial charge >= 0.3 is 7.60 Å². The first-order chi connectivity index (χ1) is 6.02. The molecule has 2 atom stereocenters. The van der Waals surface area contributed by atoms with E-state index in [0.717, 1.165) is 12.8 Å². The Bertz CT molecular complexity index is 170. The van der Waals surface area contributed by atoms with E-state index in [2.05, 4.69) is 6.92 Å². The Morgan fingerprint density at radius 2 is 2.00 bits per heavy atom. The summed E-state index contributed by atoms with van der Waals surface area (Å²) in [5, 5.41) is 0. The van der Waals surface area contributed by atoms with Crippen molar-refractivity contribution in [3.63, 3.8) is 0 Å². The minimum atomic E-state index is -2.78. The van der Waals surface area contributed by atoms with Gasteiger partial charge in [-0.25, -0.2) is 0 Å². The smallest absolute Gasteiger partial charge is 0.312 e. The largest absolute Gasteiger partial charge is 0.327 e. The first kappa shape index (κ1) is 13.2. The highest BCUT2D eigenvalue weighted by molar-refractivity contribution is 7.52. The molecular weight excluding hydrogens is 187 g/mol. The Balaban J connectivity index is 3.61. The van der Waals surface area contributed by atoms with E-state index in [1.807, 2.05) is 6.92 Å². The molecule has 0 heterocycles. The fraction of sp³-hybridized carbons (Fsp3) is 1.00. The molecule has 0 amide bonds. The maximum Gasteiger partial charge on any atom is 0.327 e. The number of hydrogen-bond acceptors (Lipinski definition) is 3. The zero-order valence-electron chi connectivity index (χ0n) is 9.08. The second kappa shape index (κ2) is 6.58. The van der Waals surface area contributed by atoms with Crippen molar-refractivity contribution in [1.82, 2.24) is 0 Å². The summed E-state index contributed by atoms with van der Waals surface area (Å²) in [5.74, 6) is 0. The molecule has 0 aliphatic carbocycles. The summed E-state index contributed by atoms with van der Waals surface area (Å²) in [6.07, 6.45) is 4.51. The predicted octanol–water partition coefficient (Wildman–Crippen LogP) is 3.44. The van der Waals surface area contributed by atoms with Crippen LogP contribution < -0.4 is 0 Å². The van der Waals surface area contributed by atoms with Crippen LogP contribution in [0.25, 0.3) is 0 Å². The van der Waals surface area contributed by atoms with Gasteiger partial charge in [-0.1, -0.05) is 26.2 Å². The Morgan fingerprint density at radius 1 is 1.38 bits per heavy atom. The fourth-order valence-electron chi connectivity index (χ4n) is 1.10. The number of rotatable bonds is 7. The van der Waals surface area contributed by atoms with Crippen molar-refractivity contribution in [3.05, 3.63) is 0 Å². The second-order valence-electron chi connectivity index (χ2n) is 3.37. The molecule has 0 fully saturated rings. The van der Waals surface area contributed by atoms with Crippen LogP contribution >= 0.6 is 7.60 Å². The summed E-state index contributed by atoms with van der Waals surface area (Å²) in [5.41, 5.74) is 0. The van der Waals surface area contributed by atoms with Gasteiger partial charge in [-0.2, -0.15) is 0 Å². The first-order valence-corrected chi connectivity index (χ1v) is 6.82. The lowest BCUT2D eigenvalue weighted by Crippen LogP contribution is -2.06. The summed E-state index contributed by atoms with van der Waals surface area (Å²) >= 11 is 0. The lowest BCUT2D eigenvalue weighted by molar-refractivity contribution is 0.168. The highest BCUT2D eigenvalue weighted by atomic mass is 31.2. The Labute approximate surface area is 81.3 Å². The summed E-state index contributed by atoms with van der Waals surface area (Å²) in [4.78, 5) is 0. The van der Waals surface area contributed by atoms with Gasteiger partial charge in [0.1, 0.15) is 0 Å². The minimum Gasteiger partial charge on any atom is -0.312 e.